The highest BCUT2D eigenvalue weighted by molar-refractivity contribution is 7.88. The van der Waals surface area contributed by atoms with Crippen molar-refractivity contribution in [3.63, 3.8) is 0 Å². The van der Waals surface area contributed by atoms with Gasteiger partial charge in [0.05, 0.1) is 18.9 Å². The Morgan fingerprint density at radius 3 is 2.50 bits per heavy atom. The highest BCUT2D eigenvalue weighted by Gasteiger charge is 2.24. The maximum Gasteiger partial charge on any atom is 0.236 e. The summed E-state index contributed by atoms with van der Waals surface area (Å²) < 4.78 is 27.5. The molecule has 9 heteroatoms. The Labute approximate surface area is 216 Å². The van der Waals surface area contributed by atoms with Gasteiger partial charge < -0.3 is 11.1 Å². The lowest BCUT2D eigenvalue weighted by Gasteiger charge is -2.25. The number of hydroxylamine groups is 1. The SMILES string of the molecule is NC(=NCCCCCCS(=O)(=O)N(Cc1ccccc1)OCCC1CCCCC1)Nc1ccncc1. The van der Waals surface area contributed by atoms with Gasteiger partial charge >= 0.3 is 0 Å². The third-order valence-corrected chi connectivity index (χ3v) is 8.16. The lowest BCUT2D eigenvalue weighted by atomic mass is 9.87. The van der Waals surface area contributed by atoms with Crippen LogP contribution in [0.2, 0.25) is 0 Å². The second-order valence-electron chi connectivity index (χ2n) is 9.43. The summed E-state index contributed by atoms with van der Waals surface area (Å²) in [6.45, 7) is 1.29. The Balaban J connectivity index is 1.39. The number of anilines is 1. The zero-order valence-electron chi connectivity index (χ0n) is 21.2. The van der Waals surface area contributed by atoms with Gasteiger partial charge in [0, 0.05) is 24.6 Å². The van der Waals surface area contributed by atoms with E-state index in [4.69, 9.17) is 10.6 Å². The van der Waals surface area contributed by atoms with Crippen molar-refractivity contribution in [2.45, 2.75) is 70.8 Å². The van der Waals surface area contributed by atoms with Gasteiger partial charge in [0.2, 0.25) is 10.0 Å². The van der Waals surface area contributed by atoms with Crippen LogP contribution in [0, 0.1) is 5.92 Å². The van der Waals surface area contributed by atoms with E-state index in [1.807, 2.05) is 42.5 Å². The van der Waals surface area contributed by atoms with E-state index in [0.29, 0.717) is 31.4 Å². The van der Waals surface area contributed by atoms with E-state index in [2.05, 4.69) is 15.3 Å². The fraction of sp³-hybridized carbons (Fsp3) is 0.556. The topological polar surface area (TPSA) is 110 Å². The number of hydrogen-bond donors (Lipinski definition) is 2. The van der Waals surface area contributed by atoms with Gasteiger partial charge in [-0.1, -0.05) is 79.7 Å². The Hall–Kier alpha value is -2.49. The Morgan fingerprint density at radius 2 is 1.75 bits per heavy atom. The molecule has 1 aromatic carbocycles. The number of hydrogen-bond acceptors (Lipinski definition) is 5. The van der Waals surface area contributed by atoms with Gasteiger partial charge in [-0.05, 0) is 42.9 Å². The predicted molar refractivity (Wildman–Crippen MR) is 146 cm³/mol. The van der Waals surface area contributed by atoms with E-state index >= 15 is 0 Å². The summed E-state index contributed by atoms with van der Waals surface area (Å²) >= 11 is 0. The van der Waals surface area contributed by atoms with Gasteiger partial charge in [-0.15, -0.1) is 0 Å². The van der Waals surface area contributed by atoms with Crippen LogP contribution in [0.15, 0.2) is 59.9 Å². The molecular formula is C27H41N5O3S. The maximum atomic E-state index is 13.1. The highest BCUT2D eigenvalue weighted by Crippen LogP contribution is 2.26. The number of nitrogens with zero attached hydrogens (tertiary/aromatic N) is 3. The average molecular weight is 516 g/mol. The highest BCUT2D eigenvalue weighted by atomic mass is 32.2. The molecule has 0 amide bonds. The number of pyridine rings is 1. The summed E-state index contributed by atoms with van der Waals surface area (Å²) in [5.74, 6) is 1.10. The van der Waals surface area contributed by atoms with E-state index in [-0.39, 0.29) is 12.3 Å². The van der Waals surface area contributed by atoms with Crippen molar-refractivity contribution in [3.8, 4) is 0 Å². The molecule has 198 valence electrons. The van der Waals surface area contributed by atoms with Gasteiger partial charge in [-0.2, -0.15) is 0 Å². The molecule has 3 rings (SSSR count). The molecule has 2 aromatic rings. The number of aliphatic imine (C=N–C) groups is 1. The second kappa shape index (κ2) is 15.6. The van der Waals surface area contributed by atoms with Crippen LogP contribution in [0.1, 0.15) is 69.8 Å². The van der Waals surface area contributed by atoms with E-state index in [1.165, 1.54) is 36.6 Å². The van der Waals surface area contributed by atoms with Crippen LogP contribution in [0.25, 0.3) is 0 Å². The largest absolute Gasteiger partial charge is 0.370 e. The Kier molecular flexibility index (Phi) is 12.2. The minimum atomic E-state index is -3.52. The molecule has 1 aliphatic carbocycles. The van der Waals surface area contributed by atoms with Gasteiger partial charge in [0.25, 0.3) is 0 Å². The van der Waals surface area contributed by atoms with E-state index in [1.54, 1.807) is 12.4 Å². The monoisotopic (exact) mass is 515 g/mol. The lowest BCUT2D eigenvalue weighted by molar-refractivity contribution is -0.0960. The molecule has 0 aliphatic heterocycles. The molecule has 0 bridgehead atoms. The van der Waals surface area contributed by atoms with Crippen molar-refractivity contribution in [1.82, 2.24) is 9.45 Å². The van der Waals surface area contributed by atoms with Crippen molar-refractivity contribution in [1.29, 1.82) is 0 Å². The van der Waals surface area contributed by atoms with Crippen LogP contribution < -0.4 is 11.1 Å². The second-order valence-corrected chi connectivity index (χ2v) is 11.4. The summed E-state index contributed by atoms with van der Waals surface area (Å²) in [4.78, 5) is 14.2. The van der Waals surface area contributed by atoms with Crippen molar-refractivity contribution in [2.24, 2.45) is 16.6 Å². The van der Waals surface area contributed by atoms with Crippen LogP contribution in [0.5, 0.6) is 0 Å². The van der Waals surface area contributed by atoms with Gasteiger partial charge in [-0.25, -0.2) is 8.42 Å². The standard InChI is InChI=1S/C27H41N5O3S/c28-27(31-26-15-19-29-20-16-26)30-18-9-1-2-10-22-36(33,34)32(23-25-13-7-4-8-14-25)35-21-17-24-11-5-3-6-12-24/h4,7-8,13-16,19-20,24H,1-3,5-6,9-12,17-18,21-23H2,(H3,28,29,30,31). The van der Waals surface area contributed by atoms with Crippen molar-refractivity contribution < 1.29 is 13.3 Å². The zero-order chi connectivity index (χ0) is 25.5. The first kappa shape index (κ1) is 28.1. The molecule has 0 unspecified atom stereocenters. The van der Waals surface area contributed by atoms with Crippen molar-refractivity contribution in [2.75, 3.05) is 24.2 Å². The molecule has 1 fully saturated rings. The smallest absolute Gasteiger partial charge is 0.236 e. The van der Waals surface area contributed by atoms with E-state index in [0.717, 1.165) is 36.9 Å². The number of nitrogens with two attached hydrogens (primary N) is 1. The number of rotatable bonds is 15. The first-order valence-electron chi connectivity index (χ1n) is 13.2. The van der Waals surface area contributed by atoms with Crippen LogP contribution >= 0.6 is 0 Å². The number of aromatic nitrogens is 1. The molecule has 1 aromatic heterocycles. The summed E-state index contributed by atoms with van der Waals surface area (Å²) in [7, 11) is -3.52. The van der Waals surface area contributed by atoms with Crippen LogP contribution in [0.4, 0.5) is 5.69 Å². The fourth-order valence-corrected chi connectivity index (χ4v) is 5.78. The summed E-state index contributed by atoms with van der Waals surface area (Å²) in [6, 6.07) is 13.3. The summed E-state index contributed by atoms with van der Waals surface area (Å²) in [5, 5.41) is 3.02. The number of sulfonamides is 1. The molecule has 0 atom stereocenters. The van der Waals surface area contributed by atoms with Crippen molar-refractivity contribution in [3.05, 3.63) is 60.4 Å². The summed E-state index contributed by atoms with van der Waals surface area (Å²) in [6.07, 6.45) is 13.8. The van der Waals surface area contributed by atoms with E-state index < -0.39 is 10.0 Å². The normalized spacial score (nSPS) is 15.3. The average Bonchev–Trinajstić information content (AvgIpc) is 2.89. The Morgan fingerprint density at radius 1 is 1.03 bits per heavy atom. The molecule has 0 radical (unpaired) electrons. The molecular weight excluding hydrogens is 474 g/mol. The minimum absolute atomic E-state index is 0.0816. The fourth-order valence-electron chi connectivity index (χ4n) is 4.43. The Bertz CT molecular complexity index is 997. The van der Waals surface area contributed by atoms with Crippen LogP contribution in [-0.4, -0.2) is 42.7 Å². The molecule has 0 saturated heterocycles. The zero-order valence-corrected chi connectivity index (χ0v) is 22.0. The molecule has 0 spiro atoms. The number of unbranched alkanes of at least 4 members (excludes halogenated alkanes) is 3. The predicted octanol–water partition coefficient (Wildman–Crippen LogP) is 5.10. The van der Waals surface area contributed by atoms with Crippen molar-refractivity contribution >= 4 is 21.7 Å². The third kappa shape index (κ3) is 10.6. The molecule has 1 aliphatic rings. The first-order valence-corrected chi connectivity index (χ1v) is 14.8. The van der Waals surface area contributed by atoms with E-state index in [9.17, 15) is 8.42 Å². The number of guanidine groups is 1. The molecule has 36 heavy (non-hydrogen) atoms. The quantitative estimate of drug-likeness (QED) is 0.148. The first-order chi connectivity index (χ1) is 17.5. The molecule has 1 saturated carbocycles. The minimum Gasteiger partial charge on any atom is -0.370 e. The van der Waals surface area contributed by atoms with Crippen LogP contribution in [0.3, 0.4) is 0 Å². The van der Waals surface area contributed by atoms with Crippen LogP contribution in [-0.2, 0) is 21.4 Å². The molecule has 1 heterocycles. The molecule has 3 N–H and O–H groups in total. The third-order valence-electron chi connectivity index (χ3n) is 6.50. The summed E-state index contributed by atoms with van der Waals surface area (Å²) in [5.41, 5.74) is 7.68. The molecule has 8 nitrogen and oxygen atoms in total. The van der Waals surface area contributed by atoms with Gasteiger partial charge in [0.1, 0.15) is 0 Å². The van der Waals surface area contributed by atoms with Gasteiger partial charge in [0.15, 0.2) is 5.96 Å². The van der Waals surface area contributed by atoms with Gasteiger partial charge in [-0.3, -0.25) is 14.8 Å². The number of benzene rings is 1. The number of nitrogens with one attached hydrogen (secondary N) is 1. The maximum absolute atomic E-state index is 13.1. The lowest BCUT2D eigenvalue weighted by Crippen LogP contribution is -2.33.